The fourth-order valence-electron chi connectivity index (χ4n) is 2.94. The largest absolute Gasteiger partial charge is 0.341 e. The summed E-state index contributed by atoms with van der Waals surface area (Å²) >= 11 is 0. The average molecular weight is 197 g/mol. The van der Waals surface area contributed by atoms with Crippen molar-refractivity contribution in [3.63, 3.8) is 0 Å². The van der Waals surface area contributed by atoms with Gasteiger partial charge < -0.3 is 15.1 Å². The van der Waals surface area contributed by atoms with E-state index in [9.17, 15) is 4.79 Å². The lowest BCUT2D eigenvalue weighted by molar-refractivity contribution is 0.198. The third-order valence-corrected chi connectivity index (χ3v) is 3.64. The first-order valence-corrected chi connectivity index (χ1v) is 5.20. The summed E-state index contributed by atoms with van der Waals surface area (Å²) in [6.45, 7) is 6.36. The number of nitrogens with one attached hydrogen (secondary N) is 1. The fourth-order valence-corrected chi connectivity index (χ4v) is 2.94. The molecule has 0 bridgehead atoms. The van der Waals surface area contributed by atoms with Gasteiger partial charge in [-0.05, 0) is 13.0 Å². The van der Waals surface area contributed by atoms with Crippen molar-refractivity contribution < 1.29 is 4.79 Å². The van der Waals surface area contributed by atoms with Crippen LogP contribution in [0.15, 0.2) is 0 Å². The molecule has 2 rings (SSSR count). The molecule has 2 saturated heterocycles. The van der Waals surface area contributed by atoms with Crippen molar-refractivity contribution in [2.24, 2.45) is 11.3 Å². The number of hydrogen-bond donors (Lipinski definition) is 1. The molecule has 0 radical (unpaired) electrons. The van der Waals surface area contributed by atoms with Crippen LogP contribution in [0.3, 0.4) is 0 Å². The Morgan fingerprint density at radius 1 is 1.43 bits per heavy atom. The van der Waals surface area contributed by atoms with Crippen molar-refractivity contribution in [2.75, 3.05) is 40.3 Å². The van der Waals surface area contributed by atoms with Gasteiger partial charge in [0.25, 0.3) is 0 Å². The van der Waals surface area contributed by atoms with Crippen molar-refractivity contribution >= 4 is 6.03 Å². The van der Waals surface area contributed by atoms with Gasteiger partial charge in [-0.25, -0.2) is 4.79 Å². The normalized spacial score (nSPS) is 37.4. The van der Waals surface area contributed by atoms with Crippen molar-refractivity contribution in [1.29, 1.82) is 0 Å². The summed E-state index contributed by atoms with van der Waals surface area (Å²) < 4.78 is 0. The first-order valence-electron chi connectivity index (χ1n) is 5.20. The molecule has 2 fully saturated rings. The SMILES string of the molecule is CNC(=O)N1CC2CN(C)C[C@@]2(C)C1. The van der Waals surface area contributed by atoms with Gasteiger partial charge >= 0.3 is 6.03 Å². The van der Waals surface area contributed by atoms with Gasteiger partial charge in [0, 0.05) is 38.6 Å². The molecule has 0 aromatic rings. The van der Waals surface area contributed by atoms with E-state index in [1.807, 2.05) is 4.90 Å². The maximum absolute atomic E-state index is 11.5. The predicted octanol–water partition coefficient (Wildman–Crippen LogP) is 0.209. The summed E-state index contributed by atoms with van der Waals surface area (Å²) in [6.07, 6.45) is 0. The van der Waals surface area contributed by atoms with Crippen LogP contribution in [0.4, 0.5) is 4.79 Å². The molecule has 4 heteroatoms. The van der Waals surface area contributed by atoms with Crippen LogP contribution < -0.4 is 5.32 Å². The summed E-state index contributed by atoms with van der Waals surface area (Å²) in [5.74, 6) is 0.657. The van der Waals surface area contributed by atoms with E-state index in [0.29, 0.717) is 11.3 Å². The minimum atomic E-state index is 0.0725. The second-order valence-electron chi connectivity index (χ2n) is 4.98. The number of carbonyl (C=O) groups is 1. The van der Waals surface area contributed by atoms with E-state index in [0.717, 1.165) is 26.2 Å². The third kappa shape index (κ3) is 1.38. The molecular weight excluding hydrogens is 178 g/mol. The van der Waals surface area contributed by atoms with E-state index in [-0.39, 0.29) is 6.03 Å². The van der Waals surface area contributed by atoms with E-state index in [4.69, 9.17) is 0 Å². The Balaban J connectivity index is 2.05. The summed E-state index contributed by atoms with van der Waals surface area (Å²) in [5, 5.41) is 2.70. The predicted molar refractivity (Wildman–Crippen MR) is 55.1 cm³/mol. The Morgan fingerprint density at radius 2 is 2.14 bits per heavy atom. The van der Waals surface area contributed by atoms with Crippen LogP contribution in [0.1, 0.15) is 6.92 Å². The van der Waals surface area contributed by atoms with Gasteiger partial charge in [-0.15, -0.1) is 0 Å². The minimum Gasteiger partial charge on any atom is -0.341 e. The number of fused-ring (bicyclic) bond motifs is 1. The monoisotopic (exact) mass is 197 g/mol. The third-order valence-electron chi connectivity index (χ3n) is 3.64. The lowest BCUT2D eigenvalue weighted by atomic mass is 9.83. The molecule has 4 nitrogen and oxygen atoms in total. The molecule has 0 aromatic carbocycles. The summed E-state index contributed by atoms with van der Waals surface area (Å²) in [4.78, 5) is 15.8. The van der Waals surface area contributed by atoms with Gasteiger partial charge in [0.2, 0.25) is 0 Å². The zero-order valence-corrected chi connectivity index (χ0v) is 9.21. The second kappa shape index (κ2) is 3.12. The van der Waals surface area contributed by atoms with Gasteiger partial charge in [0.05, 0.1) is 0 Å². The zero-order valence-electron chi connectivity index (χ0n) is 9.21. The van der Waals surface area contributed by atoms with Gasteiger partial charge in [-0.2, -0.15) is 0 Å². The average Bonchev–Trinajstić information content (AvgIpc) is 2.54. The van der Waals surface area contributed by atoms with Gasteiger partial charge in [0.15, 0.2) is 0 Å². The molecule has 2 amide bonds. The topological polar surface area (TPSA) is 35.6 Å². The Labute approximate surface area is 85.2 Å². The molecule has 0 aliphatic carbocycles. The highest BCUT2D eigenvalue weighted by molar-refractivity contribution is 5.74. The second-order valence-corrected chi connectivity index (χ2v) is 4.98. The van der Waals surface area contributed by atoms with Crippen molar-refractivity contribution in [1.82, 2.24) is 15.1 Å². The van der Waals surface area contributed by atoms with Gasteiger partial charge in [-0.3, -0.25) is 0 Å². The first-order chi connectivity index (χ1) is 6.55. The van der Waals surface area contributed by atoms with Crippen molar-refractivity contribution in [3.8, 4) is 0 Å². The summed E-state index contributed by atoms with van der Waals surface area (Å²) in [7, 11) is 3.86. The molecule has 1 N–H and O–H groups in total. The lowest BCUT2D eigenvalue weighted by Crippen LogP contribution is -2.39. The number of urea groups is 1. The first kappa shape index (κ1) is 9.77. The lowest BCUT2D eigenvalue weighted by Gasteiger charge is -2.23. The molecule has 2 aliphatic heterocycles. The Kier molecular flexibility index (Phi) is 2.18. The van der Waals surface area contributed by atoms with Crippen LogP contribution in [-0.2, 0) is 0 Å². The summed E-state index contributed by atoms with van der Waals surface area (Å²) in [6, 6.07) is 0.0725. The molecule has 2 atom stereocenters. The number of likely N-dealkylation sites (tertiary alicyclic amines) is 2. The van der Waals surface area contributed by atoms with Crippen molar-refractivity contribution in [2.45, 2.75) is 6.92 Å². The molecule has 2 heterocycles. The van der Waals surface area contributed by atoms with Crippen LogP contribution in [-0.4, -0.2) is 56.1 Å². The number of hydrogen-bond acceptors (Lipinski definition) is 2. The molecule has 2 aliphatic rings. The van der Waals surface area contributed by atoms with Crippen LogP contribution in [0, 0.1) is 11.3 Å². The number of amides is 2. The molecule has 14 heavy (non-hydrogen) atoms. The Morgan fingerprint density at radius 3 is 2.71 bits per heavy atom. The van der Waals surface area contributed by atoms with E-state index in [2.05, 4.69) is 24.2 Å². The standard InChI is InChI=1S/C10H19N3O/c1-10-6-12(3)4-8(10)5-13(7-10)9(14)11-2/h8H,4-7H2,1-3H3,(H,11,14)/t8?,10-/m0/s1. The Bertz CT molecular complexity index is 256. The maximum Gasteiger partial charge on any atom is 0.317 e. The molecule has 0 aromatic heterocycles. The van der Waals surface area contributed by atoms with E-state index < -0.39 is 0 Å². The fraction of sp³-hybridized carbons (Fsp3) is 0.900. The van der Waals surface area contributed by atoms with E-state index >= 15 is 0 Å². The number of nitrogens with zero attached hydrogens (tertiary/aromatic N) is 2. The van der Waals surface area contributed by atoms with Crippen molar-refractivity contribution in [3.05, 3.63) is 0 Å². The highest BCUT2D eigenvalue weighted by Crippen LogP contribution is 2.41. The molecule has 80 valence electrons. The molecular formula is C10H19N3O. The number of rotatable bonds is 0. The maximum atomic E-state index is 11.5. The van der Waals surface area contributed by atoms with Crippen LogP contribution in [0.25, 0.3) is 0 Å². The quantitative estimate of drug-likeness (QED) is 0.602. The van der Waals surface area contributed by atoms with Gasteiger partial charge in [0.1, 0.15) is 0 Å². The van der Waals surface area contributed by atoms with Crippen LogP contribution >= 0.6 is 0 Å². The van der Waals surface area contributed by atoms with E-state index in [1.165, 1.54) is 0 Å². The molecule has 1 unspecified atom stereocenters. The van der Waals surface area contributed by atoms with Gasteiger partial charge in [-0.1, -0.05) is 6.92 Å². The summed E-state index contributed by atoms with van der Waals surface area (Å²) in [5.41, 5.74) is 0.321. The van der Waals surface area contributed by atoms with Crippen LogP contribution in [0.5, 0.6) is 0 Å². The molecule has 0 saturated carbocycles. The molecule has 0 spiro atoms. The van der Waals surface area contributed by atoms with E-state index in [1.54, 1.807) is 7.05 Å². The highest BCUT2D eigenvalue weighted by Gasteiger charge is 2.49. The van der Waals surface area contributed by atoms with Crippen LogP contribution in [0.2, 0.25) is 0 Å². The highest BCUT2D eigenvalue weighted by atomic mass is 16.2. The minimum absolute atomic E-state index is 0.0725. The number of carbonyl (C=O) groups excluding carboxylic acids is 1. The Hall–Kier alpha value is -0.770. The smallest absolute Gasteiger partial charge is 0.317 e. The zero-order chi connectivity index (χ0) is 10.3.